The summed E-state index contributed by atoms with van der Waals surface area (Å²) in [5.41, 5.74) is 12.9. The summed E-state index contributed by atoms with van der Waals surface area (Å²) in [6, 6.07) is 17.2. The van der Waals surface area contributed by atoms with Crippen LogP contribution < -0.4 is 26.8 Å². The summed E-state index contributed by atoms with van der Waals surface area (Å²) >= 11 is 1.89. The Morgan fingerprint density at radius 3 is 2.45 bits per heavy atom. The second kappa shape index (κ2) is 10.8. The number of likely N-dealkylation sites (tertiary alicyclic amines) is 1. The van der Waals surface area contributed by atoms with Gasteiger partial charge < -0.3 is 26.4 Å². The number of aromatic nitrogens is 2. The van der Waals surface area contributed by atoms with E-state index in [0.29, 0.717) is 60.1 Å². The SMILES string of the molecule is Nc1nc(N)c(C(=O)NC2=NCC3(CCN(C(=O)c4ccc(OCc5ccccc5)cc4)CC3)N2)nc1I. The van der Waals surface area contributed by atoms with E-state index in [0.717, 1.165) is 5.56 Å². The summed E-state index contributed by atoms with van der Waals surface area (Å²) in [4.78, 5) is 40.2. The van der Waals surface area contributed by atoms with Gasteiger partial charge in [-0.25, -0.2) is 9.97 Å². The molecular weight excluding hydrogens is 599 g/mol. The minimum Gasteiger partial charge on any atom is -0.489 e. The normalized spacial score (nSPS) is 16.0. The number of nitrogens with two attached hydrogens (primary N) is 2. The molecule has 0 saturated carbocycles. The first-order chi connectivity index (χ1) is 18.3. The van der Waals surface area contributed by atoms with Crippen LogP contribution in [-0.4, -0.2) is 57.8 Å². The fraction of sp³-hybridized carbons (Fsp3) is 0.269. The highest BCUT2D eigenvalue weighted by Crippen LogP contribution is 2.27. The monoisotopic (exact) mass is 626 g/mol. The Morgan fingerprint density at radius 1 is 1.03 bits per heavy atom. The molecule has 0 atom stereocenters. The van der Waals surface area contributed by atoms with Crippen molar-refractivity contribution in [1.29, 1.82) is 0 Å². The van der Waals surface area contributed by atoms with Gasteiger partial charge in [-0.3, -0.25) is 19.9 Å². The Labute approximate surface area is 233 Å². The van der Waals surface area contributed by atoms with Gasteiger partial charge in [0.15, 0.2) is 23.3 Å². The highest BCUT2D eigenvalue weighted by molar-refractivity contribution is 14.1. The van der Waals surface area contributed by atoms with E-state index in [-0.39, 0.29) is 28.8 Å². The number of hydrogen-bond donors (Lipinski definition) is 4. The highest BCUT2D eigenvalue weighted by Gasteiger charge is 2.40. The van der Waals surface area contributed by atoms with Crippen molar-refractivity contribution in [3.05, 3.63) is 75.1 Å². The maximum absolute atomic E-state index is 13.1. The molecule has 2 aliphatic heterocycles. The van der Waals surface area contributed by atoms with Gasteiger partial charge in [-0.15, -0.1) is 0 Å². The molecule has 0 bridgehead atoms. The first-order valence-electron chi connectivity index (χ1n) is 12.1. The van der Waals surface area contributed by atoms with Crippen LogP contribution in [0.1, 0.15) is 39.3 Å². The molecule has 0 unspecified atom stereocenters. The van der Waals surface area contributed by atoms with Gasteiger partial charge in [0.2, 0.25) is 0 Å². The molecule has 38 heavy (non-hydrogen) atoms. The standard InChI is InChI=1S/C26H27IN8O3/c27-20-22(29)32-21(28)19(31-20)23(36)33-25-30-15-26(34-25)10-12-35(13-11-26)24(37)17-6-8-18(9-7-17)38-14-16-4-2-1-3-5-16/h1-9H,10-15H2,(H4,28,29,32)(H2,30,33,34,36). The molecule has 2 aliphatic rings. The number of nitrogen functional groups attached to an aromatic ring is 2. The van der Waals surface area contributed by atoms with Crippen LogP contribution in [0.4, 0.5) is 11.6 Å². The van der Waals surface area contributed by atoms with Crippen molar-refractivity contribution in [3.63, 3.8) is 0 Å². The van der Waals surface area contributed by atoms with Gasteiger partial charge in [-0.2, -0.15) is 0 Å². The van der Waals surface area contributed by atoms with Crippen LogP contribution in [0.15, 0.2) is 59.6 Å². The van der Waals surface area contributed by atoms with Crippen molar-refractivity contribution < 1.29 is 14.3 Å². The topological polar surface area (TPSA) is 161 Å². The lowest BCUT2D eigenvalue weighted by molar-refractivity contribution is 0.0668. The molecule has 1 spiro atoms. The zero-order valence-electron chi connectivity index (χ0n) is 20.5. The zero-order chi connectivity index (χ0) is 26.7. The van der Waals surface area contributed by atoms with Crippen molar-refractivity contribution in [3.8, 4) is 5.75 Å². The van der Waals surface area contributed by atoms with Gasteiger partial charge in [0.1, 0.15) is 16.1 Å². The number of amides is 2. The van der Waals surface area contributed by atoms with Gasteiger partial charge in [-0.1, -0.05) is 30.3 Å². The van der Waals surface area contributed by atoms with Crippen LogP contribution in [0.5, 0.6) is 5.75 Å². The van der Waals surface area contributed by atoms with Crippen LogP contribution in [0.2, 0.25) is 0 Å². The number of carbonyl (C=O) groups is 2. The fourth-order valence-corrected chi connectivity index (χ4v) is 4.81. The van der Waals surface area contributed by atoms with E-state index in [9.17, 15) is 9.59 Å². The van der Waals surface area contributed by atoms with Crippen LogP contribution >= 0.6 is 22.6 Å². The van der Waals surface area contributed by atoms with E-state index in [1.165, 1.54) is 0 Å². The number of nitrogens with one attached hydrogen (secondary N) is 2. The van der Waals surface area contributed by atoms with Gasteiger partial charge in [-0.05, 0) is 65.3 Å². The molecule has 1 saturated heterocycles. The number of piperidine rings is 1. The number of aliphatic imine (C=N–C) groups is 1. The number of ether oxygens (including phenoxy) is 1. The second-order valence-corrected chi connectivity index (χ2v) is 10.3. The molecule has 1 fully saturated rings. The third kappa shape index (κ3) is 5.64. The van der Waals surface area contributed by atoms with Crippen molar-refractivity contribution in [2.45, 2.75) is 25.0 Å². The Bertz CT molecular complexity index is 1370. The van der Waals surface area contributed by atoms with Crippen molar-refractivity contribution in [1.82, 2.24) is 25.5 Å². The molecule has 1 aromatic heterocycles. The van der Waals surface area contributed by atoms with Gasteiger partial charge in [0, 0.05) is 18.7 Å². The van der Waals surface area contributed by atoms with Gasteiger partial charge in [0.05, 0.1) is 12.1 Å². The molecular formula is C26H27IN8O3. The predicted octanol–water partition coefficient (Wildman–Crippen LogP) is 2.19. The maximum atomic E-state index is 13.1. The van der Waals surface area contributed by atoms with Crippen LogP contribution in [0, 0.1) is 3.70 Å². The summed E-state index contributed by atoms with van der Waals surface area (Å²) < 4.78 is 6.22. The lowest BCUT2D eigenvalue weighted by Crippen LogP contribution is -2.57. The number of anilines is 2. The third-order valence-electron chi connectivity index (χ3n) is 6.63. The number of hydrogen-bond acceptors (Lipinski definition) is 9. The molecule has 5 rings (SSSR count). The number of halogens is 1. The highest BCUT2D eigenvalue weighted by atomic mass is 127. The lowest BCUT2D eigenvalue weighted by atomic mass is 9.88. The molecule has 3 heterocycles. The molecule has 0 radical (unpaired) electrons. The Morgan fingerprint density at radius 2 is 1.74 bits per heavy atom. The van der Waals surface area contributed by atoms with E-state index in [1.807, 2.05) is 70.0 Å². The van der Waals surface area contributed by atoms with Crippen LogP contribution in [-0.2, 0) is 6.61 Å². The minimum atomic E-state index is -0.514. The zero-order valence-corrected chi connectivity index (χ0v) is 22.6. The molecule has 2 amide bonds. The fourth-order valence-electron chi connectivity index (χ4n) is 4.44. The van der Waals surface area contributed by atoms with E-state index in [4.69, 9.17) is 16.2 Å². The summed E-state index contributed by atoms with van der Waals surface area (Å²) in [7, 11) is 0. The number of nitrogens with zero attached hydrogens (tertiary/aromatic N) is 4. The lowest BCUT2D eigenvalue weighted by Gasteiger charge is -2.39. The Hall–Kier alpha value is -3.94. The van der Waals surface area contributed by atoms with E-state index >= 15 is 0 Å². The molecule has 0 aliphatic carbocycles. The maximum Gasteiger partial charge on any atom is 0.280 e. The number of benzene rings is 2. The van der Waals surface area contributed by atoms with Crippen LogP contribution in [0.3, 0.4) is 0 Å². The van der Waals surface area contributed by atoms with Crippen molar-refractivity contribution >= 4 is 52.0 Å². The minimum absolute atomic E-state index is 0.00838. The van der Waals surface area contributed by atoms with Gasteiger partial charge in [0.25, 0.3) is 11.8 Å². The molecule has 196 valence electrons. The summed E-state index contributed by atoms with van der Waals surface area (Å²) in [5.74, 6) is 0.661. The first kappa shape index (κ1) is 25.7. The molecule has 3 aromatic rings. The number of guanidine groups is 1. The first-order valence-corrected chi connectivity index (χ1v) is 13.2. The van der Waals surface area contributed by atoms with E-state index in [2.05, 4.69) is 25.6 Å². The summed E-state index contributed by atoms with van der Waals surface area (Å²) in [5, 5.41) is 6.06. The predicted molar refractivity (Wildman–Crippen MR) is 152 cm³/mol. The van der Waals surface area contributed by atoms with Crippen LogP contribution in [0.25, 0.3) is 0 Å². The van der Waals surface area contributed by atoms with E-state index in [1.54, 1.807) is 12.1 Å². The van der Waals surface area contributed by atoms with Crippen molar-refractivity contribution in [2.75, 3.05) is 31.1 Å². The van der Waals surface area contributed by atoms with Crippen molar-refractivity contribution in [2.24, 2.45) is 4.99 Å². The molecule has 6 N–H and O–H groups in total. The summed E-state index contributed by atoms with van der Waals surface area (Å²) in [6.07, 6.45) is 1.39. The number of rotatable bonds is 5. The smallest absolute Gasteiger partial charge is 0.280 e. The van der Waals surface area contributed by atoms with Gasteiger partial charge >= 0.3 is 0 Å². The Balaban J connectivity index is 1.12. The average Bonchev–Trinajstić information content (AvgIpc) is 3.31. The average molecular weight is 626 g/mol. The number of carbonyl (C=O) groups excluding carboxylic acids is 2. The largest absolute Gasteiger partial charge is 0.489 e. The third-order valence-corrected chi connectivity index (χ3v) is 7.43. The second-order valence-electron chi connectivity index (χ2n) is 9.25. The summed E-state index contributed by atoms with van der Waals surface area (Å²) in [6.45, 7) is 2.12. The quantitative estimate of drug-likeness (QED) is 0.314. The Kier molecular flexibility index (Phi) is 7.31. The molecule has 12 heteroatoms. The molecule has 2 aromatic carbocycles. The van der Waals surface area contributed by atoms with E-state index < -0.39 is 5.91 Å². The molecule has 11 nitrogen and oxygen atoms in total.